The van der Waals surface area contributed by atoms with Crippen LogP contribution in [0.4, 0.5) is 0 Å². The van der Waals surface area contributed by atoms with Gasteiger partial charge in [-0.05, 0) is 38.5 Å². The quantitative estimate of drug-likeness (QED) is 0.805. The van der Waals surface area contributed by atoms with Crippen molar-refractivity contribution >= 4 is 0 Å². The molecule has 90 valence electrons. The summed E-state index contributed by atoms with van der Waals surface area (Å²) in [5.41, 5.74) is 0. The van der Waals surface area contributed by atoms with E-state index in [-0.39, 0.29) is 0 Å². The van der Waals surface area contributed by atoms with E-state index < -0.39 is 0 Å². The van der Waals surface area contributed by atoms with Crippen molar-refractivity contribution in [3.8, 4) is 0 Å². The Morgan fingerprint density at radius 1 is 1.44 bits per heavy atom. The lowest BCUT2D eigenvalue weighted by molar-refractivity contribution is 0.162. The molecule has 4 nitrogen and oxygen atoms in total. The Hall–Kier alpha value is -0.870. The van der Waals surface area contributed by atoms with Crippen LogP contribution < -0.4 is 5.32 Å². The van der Waals surface area contributed by atoms with E-state index in [1.54, 1.807) is 0 Å². The number of nitrogens with one attached hydrogen (secondary N) is 1. The number of likely N-dealkylation sites (N-methyl/N-ethyl adjacent to an activating group) is 1. The molecule has 0 amide bonds. The van der Waals surface area contributed by atoms with Crippen LogP contribution in [0.3, 0.4) is 0 Å². The van der Waals surface area contributed by atoms with Gasteiger partial charge in [-0.2, -0.15) is 5.10 Å². The van der Waals surface area contributed by atoms with Crippen molar-refractivity contribution < 1.29 is 0 Å². The summed E-state index contributed by atoms with van der Waals surface area (Å²) >= 11 is 0. The number of nitrogens with zero attached hydrogens (tertiary/aromatic N) is 3. The number of hydrogen-bond acceptors (Lipinski definition) is 3. The lowest BCUT2D eigenvalue weighted by Crippen LogP contribution is -2.44. The van der Waals surface area contributed by atoms with Gasteiger partial charge in [0.15, 0.2) is 0 Å². The first-order chi connectivity index (χ1) is 7.90. The minimum Gasteiger partial charge on any atom is -0.317 e. The molecule has 1 aliphatic rings. The molecule has 4 heteroatoms. The van der Waals surface area contributed by atoms with Gasteiger partial charge in [0, 0.05) is 25.0 Å². The summed E-state index contributed by atoms with van der Waals surface area (Å²) in [5, 5.41) is 7.66. The number of piperidine rings is 1. The molecule has 1 aromatic rings. The molecule has 0 unspecified atom stereocenters. The average Bonchev–Trinajstić information content (AvgIpc) is 2.84. The Kier molecular flexibility index (Phi) is 4.36. The monoisotopic (exact) mass is 222 g/mol. The van der Waals surface area contributed by atoms with E-state index in [0.717, 1.165) is 25.7 Å². The Morgan fingerprint density at radius 3 is 2.88 bits per heavy atom. The van der Waals surface area contributed by atoms with Crippen molar-refractivity contribution in [2.24, 2.45) is 0 Å². The molecule has 1 fully saturated rings. The van der Waals surface area contributed by atoms with Gasteiger partial charge in [-0.25, -0.2) is 0 Å². The van der Waals surface area contributed by atoms with Gasteiger partial charge in [-0.3, -0.25) is 9.58 Å². The SMILES string of the molecule is CCN(CCn1cccn1)C1CCNCC1. The fourth-order valence-electron chi connectivity index (χ4n) is 2.43. The number of hydrogen-bond donors (Lipinski definition) is 1. The minimum absolute atomic E-state index is 0.766. The van der Waals surface area contributed by atoms with Crippen molar-refractivity contribution in [3.63, 3.8) is 0 Å². The van der Waals surface area contributed by atoms with E-state index >= 15 is 0 Å². The van der Waals surface area contributed by atoms with E-state index in [2.05, 4.69) is 22.2 Å². The second kappa shape index (κ2) is 6.01. The predicted octanol–water partition coefficient (Wildman–Crippen LogP) is 0.957. The molecule has 0 radical (unpaired) electrons. The van der Waals surface area contributed by atoms with Crippen LogP contribution in [0.2, 0.25) is 0 Å². The predicted molar refractivity (Wildman–Crippen MR) is 65.4 cm³/mol. The second-order valence-electron chi connectivity index (χ2n) is 4.38. The summed E-state index contributed by atoms with van der Waals surface area (Å²) in [4.78, 5) is 2.59. The van der Waals surface area contributed by atoms with E-state index in [4.69, 9.17) is 0 Å². The van der Waals surface area contributed by atoms with Gasteiger partial charge in [0.1, 0.15) is 0 Å². The summed E-state index contributed by atoms with van der Waals surface area (Å²) in [7, 11) is 0. The summed E-state index contributed by atoms with van der Waals surface area (Å²) in [6.45, 7) is 7.86. The molecule has 0 atom stereocenters. The maximum atomic E-state index is 4.25. The first-order valence-electron chi connectivity index (χ1n) is 6.32. The van der Waals surface area contributed by atoms with Crippen LogP contribution in [0.5, 0.6) is 0 Å². The second-order valence-corrected chi connectivity index (χ2v) is 4.38. The average molecular weight is 222 g/mol. The molecule has 0 aliphatic carbocycles. The number of rotatable bonds is 5. The van der Waals surface area contributed by atoms with Crippen LogP contribution in [0.1, 0.15) is 19.8 Å². The van der Waals surface area contributed by atoms with E-state index in [1.165, 1.54) is 25.9 Å². The third kappa shape index (κ3) is 3.06. The molecular formula is C12H22N4. The van der Waals surface area contributed by atoms with Crippen molar-refractivity contribution in [3.05, 3.63) is 18.5 Å². The summed E-state index contributed by atoms with van der Waals surface area (Å²) in [5.74, 6) is 0. The van der Waals surface area contributed by atoms with E-state index in [1.807, 2.05) is 23.1 Å². The standard InChI is InChI=1S/C12H22N4/c1-2-15(12-4-7-13-8-5-12)10-11-16-9-3-6-14-16/h3,6,9,12-13H,2,4-5,7-8,10-11H2,1H3. The van der Waals surface area contributed by atoms with Crippen molar-refractivity contribution in [2.45, 2.75) is 32.4 Å². The molecule has 0 saturated carbocycles. The summed E-state index contributed by atoms with van der Waals surface area (Å²) in [6, 6.07) is 2.75. The Labute approximate surface area is 97.6 Å². The minimum atomic E-state index is 0.766. The highest BCUT2D eigenvalue weighted by molar-refractivity contribution is 4.80. The lowest BCUT2D eigenvalue weighted by Gasteiger charge is -2.33. The van der Waals surface area contributed by atoms with Crippen LogP contribution in [-0.2, 0) is 6.54 Å². The molecule has 2 heterocycles. The molecule has 2 rings (SSSR count). The van der Waals surface area contributed by atoms with Gasteiger partial charge in [-0.1, -0.05) is 6.92 Å². The van der Waals surface area contributed by atoms with Crippen molar-refractivity contribution in [1.82, 2.24) is 20.0 Å². The Bertz CT molecular complexity index is 277. The first-order valence-corrected chi connectivity index (χ1v) is 6.32. The Morgan fingerprint density at radius 2 is 2.25 bits per heavy atom. The molecule has 1 N–H and O–H groups in total. The van der Waals surface area contributed by atoms with Crippen LogP contribution >= 0.6 is 0 Å². The van der Waals surface area contributed by atoms with Gasteiger partial charge in [0.25, 0.3) is 0 Å². The zero-order valence-corrected chi connectivity index (χ0v) is 10.1. The smallest absolute Gasteiger partial charge is 0.0536 e. The molecule has 0 aromatic carbocycles. The van der Waals surface area contributed by atoms with Crippen LogP contribution in [-0.4, -0.2) is 46.9 Å². The van der Waals surface area contributed by atoms with Gasteiger partial charge in [-0.15, -0.1) is 0 Å². The Balaban J connectivity index is 1.80. The van der Waals surface area contributed by atoms with E-state index in [9.17, 15) is 0 Å². The largest absolute Gasteiger partial charge is 0.317 e. The summed E-state index contributed by atoms with van der Waals surface area (Å²) < 4.78 is 2.02. The first kappa shape index (κ1) is 11.6. The molecule has 0 bridgehead atoms. The highest BCUT2D eigenvalue weighted by Crippen LogP contribution is 2.11. The third-order valence-corrected chi connectivity index (χ3v) is 3.41. The van der Waals surface area contributed by atoms with Crippen LogP contribution in [0, 0.1) is 0 Å². The fraction of sp³-hybridized carbons (Fsp3) is 0.750. The summed E-state index contributed by atoms with van der Waals surface area (Å²) in [6.07, 6.45) is 6.46. The van der Waals surface area contributed by atoms with Gasteiger partial charge < -0.3 is 5.32 Å². The highest BCUT2D eigenvalue weighted by Gasteiger charge is 2.18. The molecule has 16 heavy (non-hydrogen) atoms. The molecule has 1 aliphatic heterocycles. The maximum absolute atomic E-state index is 4.25. The van der Waals surface area contributed by atoms with Gasteiger partial charge >= 0.3 is 0 Å². The molecule has 1 aromatic heterocycles. The zero-order chi connectivity index (χ0) is 11.2. The molecular weight excluding hydrogens is 200 g/mol. The van der Waals surface area contributed by atoms with Crippen LogP contribution in [0.25, 0.3) is 0 Å². The van der Waals surface area contributed by atoms with E-state index in [0.29, 0.717) is 0 Å². The van der Waals surface area contributed by atoms with Crippen molar-refractivity contribution in [2.75, 3.05) is 26.2 Å². The molecule has 1 saturated heterocycles. The molecule has 0 spiro atoms. The zero-order valence-electron chi connectivity index (χ0n) is 10.1. The van der Waals surface area contributed by atoms with Crippen molar-refractivity contribution in [1.29, 1.82) is 0 Å². The maximum Gasteiger partial charge on any atom is 0.0536 e. The third-order valence-electron chi connectivity index (χ3n) is 3.41. The van der Waals surface area contributed by atoms with Gasteiger partial charge in [0.2, 0.25) is 0 Å². The number of aromatic nitrogens is 2. The fourth-order valence-corrected chi connectivity index (χ4v) is 2.43. The lowest BCUT2D eigenvalue weighted by atomic mass is 10.0. The highest BCUT2D eigenvalue weighted by atomic mass is 15.3. The van der Waals surface area contributed by atoms with Gasteiger partial charge in [0.05, 0.1) is 6.54 Å². The van der Waals surface area contributed by atoms with Crippen LogP contribution in [0.15, 0.2) is 18.5 Å². The normalized spacial score (nSPS) is 18.1. The topological polar surface area (TPSA) is 33.1 Å².